The number of aromatic nitrogens is 3. The van der Waals surface area contributed by atoms with E-state index in [4.69, 9.17) is 16.3 Å². The number of nitrogens with one attached hydrogen (secondary N) is 2. The molecular formula is C26H29ClF2N6O2. The van der Waals surface area contributed by atoms with E-state index in [9.17, 15) is 13.6 Å². The molecule has 2 aromatic heterocycles. The highest BCUT2D eigenvalue weighted by Gasteiger charge is 2.42. The summed E-state index contributed by atoms with van der Waals surface area (Å²) in [6.07, 6.45) is 4.46. The first-order valence-electron chi connectivity index (χ1n) is 12.7. The average molecular weight is 531 g/mol. The third-order valence-electron chi connectivity index (χ3n) is 7.76. The molecule has 37 heavy (non-hydrogen) atoms. The number of anilines is 4. The number of piperidine rings is 1. The molecule has 8 nitrogen and oxygen atoms in total. The lowest BCUT2D eigenvalue weighted by Gasteiger charge is -2.36. The third kappa shape index (κ3) is 4.45. The molecular weight excluding hydrogens is 502 g/mol. The van der Waals surface area contributed by atoms with Gasteiger partial charge in [0.25, 0.3) is 11.5 Å². The molecule has 1 saturated carbocycles. The van der Waals surface area contributed by atoms with Gasteiger partial charge in [0.1, 0.15) is 5.02 Å². The number of hydrogen-bond acceptors (Lipinski definition) is 7. The molecule has 2 N–H and O–H groups in total. The lowest BCUT2D eigenvalue weighted by molar-refractivity contribution is -0.0653. The van der Waals surface area contributed by atoms with E-state index in [1.54, 1.807) is 16.5 Å². The van der Waals surface area contributed by atoms with E-state index in [-0.39, 0.29) is 31.1 Å². The summed E-state index contributed by atoms with van der Waals surface area (Å²) in [6, 6.07) is 5.95. The molecule has 11 heteroatoms. The van der Waals surface area contributed by atoms with Crippen LogP contribution < -0.4 is 25.8 Å². The Morgan fingerprint density at radius 2 is 2.08 bits per heavy atom. The predicted molar refractivity (Wildman–Crippen MR) is 141 cm³/mol. The molecule has 1 unspecified atom stereocenters. The van der Waals surface area contributed by atoms with Crippen molar-refractivity contribution in [1.29, 1.82) is 0 Å². The fraction of sp³-hybridized carbons (Fsp3) is 0.500. The molecule has 2 fully saturated rings. The topological polar surface area (TPSA) is 84.3 Å². The molecule has 0 radical (unpaired) electrons. The van der Waals surface area contributed by atoms with E-state index in [0.29, 0.717) is 46.4 Å². The zero-order valence-electron chi connectivity index (χ0n) is 20.7. The van der Waals surface area contributed by atoms with Crippen LogP contribution in [0.1, 0.15) is 32.6 Å². The second kappa shape index (κ2) is 9.01. The monoisotopic (exact) mass is 530 g/mol. The molecule has 1 saturated heterocycles. The Balaban J connectivity index is 1.34. The first-order valence-corrected chi connectivity index (χ1v) is 13.1. The van der Waals surface area contributed by atoms with E-state index in [1.807, 2.05) is 18.2 Å². The molecule has 2 aliphatic heterocycles. The predicted octanol–water partition coefficient (Wildman–Crippen LogP) is 5.18. The van der Waals surface area contributed by atoms with Crippen LogP contribution in [0.25, 0.3) is 10.9 Å². The van der Waals surface area contributed by atoms with Gasteiger partial charge in [-0.3, -0.25) is 4.79 Å². The minimum atomic E-state index is -2.69. The summed E-state index contributed by atoms with van der Waals surface area (Å²) in [4.78, 5) is 23.7. The van der Waals surface area contributed by atoms with Crippen LogP contribution in [0.2, 0.25) is 5.02 Å². The number of ether oxygens (including phenoxy) is 1. The first kappa shape index (κ1) is 24.2. The maximum atomic E-state index is 14.0. The number of pyridine rings is 1. The van der Waals surface area contributed by atoms with Gasteiger partial charge < -0.3 is 24.8 Å². The maximum Gasteiger partial charge on any atom is 0.295 e. The number of aryl methyl sites for hydroxylation is 1. The Bertz CT molecular complexity index is 1430. The van der Waals surface area contributed by atoms with E-state index in [0.717, 1.165) is 17.3 Å². The van der Waals surface area contributed by atoms with Gasteiger partial charge in [-0.05, 0) is 37.0 Å². The van der Waals surface area contributed by atoms with Gasteiger partial charge in [-0.15, -0.1) is 0 Å². The van der Waals surface area contributed by atoms with Crippen LogP contribution in [-0.2, 0) is 7.05 Å². The van der Waals surface area contributed by atoms with Crippen molar-refractivity contribution in [2.45, 2.75) is 44.6 Å². The van der Waals surface area contributed by atoms with Gasteiger partial charge in [-0.2, -0.15) is 4.98 Å². The zero-order valence-corrected chi connectivity index (χ0v) is 21.5. The number of fused-ring (bicyclic) bond motifs is 3. The number of halogens is 3. The smallest absolute Gasteiger partial charge is 0.295 e. The number of rotatable bonds is 4. The number of hydrogen-bond donors (Lipinski definition) is 2. The van der Waals surface area contributed by atoms with Crippen LogP contribution in [0.4, 0.5) is 31.9 Å². The molecule has 2 atom stereocenters. The normalized spacial score (nSPS) is 23.1. The average Bonchev–Trinajstić information content (AvgIpc) is 3.72. The fourth-order valence-corrected chi connectivity index (χ4v) is 5.41. The van der Waals surface area contributed by atoms with Gasteiger partial charge in [0.05, 0.1) is 24.0 Å². The van der Waals surface area contributed by atoms with Gasteiger partial charge in [-0.25, -0.2) is 13.8 Å². The van der Waals surface area contributed by atoms with E-state index in [2.05, 4.69) is 20.6 Å². The molecule has 4 heterocycles. The lowest BCUT2D eigenvalue weighted by Crippen LogP contribution is -2.46. The molecule has 6 rings (SSSR count). The highest BCUT2D eigenvalue weighted by Crippen LogP contribution is 2.41. The quantitative estimate of drug-likeness (QED) is 0.481. The molecule has 0 spiro atoms. The minimum Gasteiger partial charge on any atom is -0.486 e. The number of alkyl halides is 2. The molecule has 196 valence electrons. The van der Waals surface area contributed by atoms with E-state index < -0.39 is 11.8 Å². The fourth-order valence-electron chi connectivity index (χ4n) is 5.27. The van der Waals surface area contributed by atoms with Gasteiger partial charge in [0.15, 0.2) is 5.82 Å². The molecule has 3 aliphatic rings. The van der Waals surface area contributed by atoms with Crippen molar-refractivity contribution in [3.8, 4) is 5.75 Å². The molecule has 0 amide bonds. The van der Waals surface area contributed by atoms with Crippen molar-refractivity contribution in [3.63, 3.8) is 0 Å². The van der Waals surface area contributed by atoms with Gasteiger partial charge in [0.2, 0.25) is 11.7 Å². The maximum absolute atomic E-state index is 14.0. The molecule has 0 bridgehead atoms. The Morgan fingerprint density at radius 3 is 2.84 bits per heavy atom. The Morgan fingerprint density at radius 1 is 1.27 bits per heavy atom. The molecule has 1 aromatic carbocycles. The van der Waals surface area contributed by atoms with Gasteiger partial charge in [0, 0.05) is 56.0 Å². The van der Waals surface area contributed by atoms with Crippen LogP contribution in [0.15, 0.2) is 29.2 Å². The highest BCUT2D eigenvalue weighted by atomic mass is 35.5. The van der Waals surface area contributed by atoms with Crippen molar-refractivity contribution in [3.05, 3.63) is 39.8 Å². The number of nitrogens with zero attached hydrogens (tertiary/aromatic N) is 4. The summed E-state index contributed by atoms with van der Waals surface area (Å²) >= 11 is 6.42. The summed E-state index contributed by atoms with van der Waals surface area (Å²) in [5.74, 6) is -1.81. The Kier molecular flexibility index (Phi) is 5.89. The summed E-state index contributed by atoms with van der Waals surface area (Å²) in [6.45, 7) is 2.37. The second-order valence-electron chi connectivity index (χ2n) is 10.4. The van der Waals surface area contributed by atoms with Gasteiger partial charge in [-0.1, -0.05) is 18.5 Å². The van der Waals surface area contributed by atoms with Crippen molar-refractivity contribution >= 4 is 45.6 Å². The van der Waals surface area contributed by atoms with E-state index in [1.165, 1.54) is 26.0 Å². The largest absolute Gasteiger partial charge is 0.486 e. The van der Waals surface area contributed by atoms with Crippen LogP contribution in [0, 0.1) is 11.8 Å². The summed E-state index contributed by atoms with van der Waals surface area (Å²) in [5.41, 5.74) is 2.04. The third-order valence-corrected chi connectivity index (χ3v) is 8.03. The summed E-state index contributed by atoms with van der Waals surface area (Å²) in [5, 5.41) is 8.04. The summed E-state index contributed by atoms with van der Waals surface area (Å²) in [7, 11) is 1.74. The number of benzene rings is 1. The van der Waals surface area contributed by atoms with Crippen LogP contribution in [-0.4, -0.2) is 46.2 Å². The standard InChI is InChI=1S/C26H29ClF2N6O2/c1-14-13-35(9-8-26(14,28)29)25-30-12-18(27)23(33-25)31-16-5-6-20-17(11-16)21-22(24(36)34(20)2)37-10-7-19(32-21)15-3-4-15/h5-6,11-12,14-15,19,32H,3-4,7-10,13H2,1-2H3,(H,30,31,33)/t14-,19?/m0/s1. The SMILES string of the molecule is C[C@H]1CN(c2ncc(Cl)c(Nc3ccc4c(c3)c3c(c(=O)n4C)OCCC(C4CC4)N3)n2)CCC1(F)F. The Labute approximate surface area is 218 Å². The first-order chi connectivity index (χ1) is 17.7. The molecule has 3 aromatic rings. The lowest BCUT2D eigenvalue weighted by atomic mass is 9.96. The van der Waals surface area contributed by atoms with Crippen LogP contribution in [0.3, 0.4) is 0 Å². The van der Waals surface area contributed by atoms with Crippen LogP contribution in [0.5, 0.6) is 5.75 Å². The van der Waals surface area contributed by atoms with Crippen molar-refractivity contribution in [2.75, 3.05) is 35.2 Å². The van der Waals surface area contributed by atoms with Crippen molar-refractivity contribution < 1.29 is 13.5 Å². The highest BCUT2D eigenvalue weighted by molar-refractivity contribution is 6.32. The minimum absolute atomic E-state index is 0.165. The van der Waals surface area contributed by atoms with Crippen molar-refractivity contribution in [2.24, 2.45) is 18.9 Å². The zero-order chi connectivity index (χ0) is 25.9. The van der Waals surface area contributed by atoms with Gasteiger partial charge >= 0.3 is 0 Å². The van der Waals surface area contributed by atoms with Crippen LogP contribution >= 0.6 is 11.6 Å². The second-order valence-corrected chi connectivity index (χ2v) is 10.8. The van der Waals surface area contributed by atoms with E-state index >= 15 is 0 Å². The Hall–Kier alpha value is -3.14. The molecule has 1 aliphatic carbocycles. The summed E-state index contributed by atoms with van der Waals surface area (Å²) < 4.78 is 35.5. The van der Waals surface area contributed by atoms with Crippen molar-refractivity contribution in [1.82, 2.24) is 14.5 Å².